The fraction of sp³-hybridized carbons (Fsp3) is 0.316. The van der Waals surface area contributed by atoms with E-state index in [1.54, 1.807) is 6.08 Å². The van der Waals surface area contributed by atoms with Crippen LogP contribution in [0.15, 0.2) is 82.9 Å². The van der Waals surface area contributed by atoms with Gasteiger partial charge >= 0.3 is 0 Å². The third-order valence-corrected chi connectivity index (χ3v) is 7.61. The summed E-state index contributed by atoms with van der Waals surface area (Å²) in [5.74, 6) is 1.69. The molecule has 0 aliphatic heterocycles. The molecule has 0 amide bonds. The van der Waals surface area contributed by atoms with Crippen molar-refractivity contribution < 1.29 is 29.3 Å². The summed E-state index contributed by atoms with van der Waals surface area (Å²) in [6, 6.07) is 27.2. The number of rotatable bonds is 6. The number of pyridine rings is 1. The molecule has 5 heteroatoms. The maximum absolute atomic E-state index is 10.5. The normalized spacial score (nSPS) is 13.4. The van der Waals surface area contributed by atoms with Crippen LogP contribution in [-0.2, 0) is 36.7 Å². The van der Waals surface area contributed by atoms with Crippen molar-refractivity contribution >= 4 is 27.7 Å². The molecule has 4 nitrogen and oxygen atoms in total. The Hall–Kier alpha value is -3.53. The second-order valence-corrected chi connectivity index (χ2v) is 12.5. The van der Waals surface area contributed by atoms with E-state index in [0.717, 1.165) is 45.8 Å². The van der Waals surface area contributed by atoms with Crippen LogP contribution in [0.25, 0.3) is 49.8 Å². The zero-order chi connectivity index (χ0) is 30.2. The van der Waals surface area contributed by atoms with E-state index in [2.05, 4.69) is 93.7 Å². The zero-order valence-corrected chi connectivity index (χ0v) is 28.7. The van der Waals surface area contributed by atoms with Crippen molar-refractivity contribution in [1.29, 1.82) is 0 Å². The van der Waals surface area contributed by atoms with Crippen LogP contribution in [0.3, 0.4) is 0 Å². The number of carbonyl (C=O) groups excluding carboxylic acids is 1. The molecule has 1 aliphatic carbocycles. The molecular formula is C38H40IrN2O2-2. The molecule has 3 aromatic carbocycles. The molecule has 2 heterocycles. The van der Waals surface area contributed by atoms with Gasteiger partial charge in [-0.05, 0) is 65.6 Å². The predicted octanol–water partition coefficient (Wildman–Crippen LogP) is 10.2. The van der Waals surface area contributed by atoms with E-state index in [0.29, 0.717) is 5.92 Å². The van der Waals surface area contributed by atoms with Gasteiger partial charge in [0.25, 0.3) is 0 Å². The summed E-state index contributed by atoms with van der Waals surface area (Å²) in [4.78, 5) is 15.6. The minimum Gasteiger partial charge on any atom is -0.686 e. The van der Waals surface area contributed by atoms with Gasteiger partial charge < -0.3 is 9.73 Å². The monoisotopic (exact) mass is 749 g/mol. The molecule has 0 saturated carbocycles. The van der Waals surface area contributed by atoms with Gasteiger partial charge in [0.1, 0.15) is 11.3 Å². The molecule has 0 bridgehead atoms. The molecule has 6 rings (SSSR count). The van der Waals surface area contributed by atoms with Gasteiger partial charge in [-0.25, -0.2) is 0 Å². The Morgan fingerprint density at radius 2 is 1.74 bits per heavy atom. The number of furan rings is 1. The van der Waals surface area contributed by atoms with Crippen LogP contribution in [0.2, 0.25) is 0 Å². The number of para-hydroxylation sites is 1. The largest absolute Gasteiger partial charge is 0.686 e. The number of fused-ring (bicyclic) bond motifs is 6. The molecule has 0 fully saturated rings. The molecular weight excluding hydrogens is 709 g/mol. The minimum absolute atomic E-state index is 0. The Morgan fingerprint density at radius 1 is 1.00 bits per heavy atom. The number of hydrogen-bond acceptors (Lipinski definition) is 3. The molecule has 0 saturated heterocycles. The number of allylic oxidation sites excluding steroid dienone is 2. The number of nitrogens with zero attached hydrogens (tertiary/aromatic N) is 2. The number of aromatic nitrogens is 1. The first-order valence-electron chi connectivity index (χ1n) is 14.8. The smallest absolute Gasteiger partial charge is 0.151 e. The van der Waals surface area contributed by atoms with E-state index in [9.17, 15) is 4.79 Å². The second-order valence-electron chi connectivity index (χ2n) is 12.5. The van der Waals surface area contributed by atoms with Gasteiger partial charge in [0.2, 0.25) is 0 Å². The van der Waals surface area contributed by atoms with Crippen molar-refractivity contribution in [3.05, 3.63) is 107 Å². The van der Waals surface area contributed by atoms with Gasteiger partial charge in [-0.1, -0.05) is 90.4 Å². The molecule has 0 atom stereocenters. The fourth-order valence-electron chi connectivity index (χ4n) is 6.17. The van der Waals surface area contributed by atoms with Crippen molar-refractivity contribution in [2.24, 2.45) is 5.92 Å². The van der Waals surface area contributed by atoms with Gasteiger partial charge in [0.15, 0.2) is 5.78 Å². The second kappa shape index (κ2) is 13.0. The summed E-state index contributed by atoms with van der Waals surface area (Å²) < 4.78 is 6.34. The van der Waals surface area contributed by atoms with Gasteiger partial charge in [-0.2, -0.15) is 5.70 Å². The first-order chi connectivity index (χ1) is 20.0. The van der Waals surface area contributed by atoms with Crippen LogP contribution in [0.5, 0.6) is 0 Å². The van der Waals surface area contributed by atoms with Gasteiger partial charge in [0.05, 0.1) is 5.52 Å². The number of carbonyl (C=O) groups is 1. The van der Waals surface area contributed by atoms with E-state index in [1.807, 2.05) is 32.9 Å². The van der Waals surface area contributed by atoms with Gasteiger partial charge in [-0.3, -0.25) is 9.78 Å². The third-order valence-electron chi connectivity index (χ3n) is 7.61. The van der Waals surface area contributed by atoms with E-state index in [4.69, 9.17) is 9.40 Å². The average molecular weight is 749 g/mol. The minimum atomic E-state index is -0.192. The SMILES string of the molecule is CC(=O)/C=C(/C)[N-]C(C)C.CC(C)Cc1ccc2nc(-c3[c-]ccc4c3C(C)(C)c3c-4oc4ccccc34)ccc2c1.[Ir]. The van der Waals surface area contributed by atoms with E-state index in [1.165, 1.54) is 34.4 Å². The fourth-order valence-corrected chi connectivity index (χ4v) is 6.17. The quantitative estimate of drug-likeness (QED) is 0.128. The summed E-state index contributed by atoms with van der Waals surface area (Å²) in [5, 5.41) is 6.54. The van der Waals surface area contributed by atoms with E-state index < -0.39 is 0 Å². The zero-order valence-electron chi connectivity index (χ0n) is 26.3. The standard InChI is InChI=1S/C30H26NO.C8H15NO.Ir/c1-18(2)16-19-12-14-24-20(17-19)13-15-25(31-24)21-9-7-10-23-27(21)30(3,4)28-22-8-5-6-11-26(22)32-29(23)28;1-6(2)9-7(3)5-8(4)10;/h5-8,10-15,17-18H,16H2,1-4H3;5-6H,1-4H3,(H,9,10);/q-1;;/p-1. The number of ketones is 1. The molecule has 0 spiro atoms. The van der Waals surface area contributed by atoms with Crippen molar-refractivity contribution in [3.63, 3.8) is 0 Å². The molecule has 2 aromatic heterocycles. The van der Waals surface area contributed by atoms with Crippen molar-refractivity contribution in [3.8, 4) is 22.6 Å². The molecule has 43 heavy (non-hydrogen) atoms. The maximum Gasteiger partial charge on any atom is 0.151 e. The molecule has 1 aliphatic rings. The van der Waals surface area contributed by atoms with Crippen LogP contribution in [0, 0.1) is 12.0 Å². The van der Waals surface area contributed by atoms with Gasteiger partial charge in [0, 0.05) is 31.1 Å². The summed E-state index contributed by atoms with van der Waals surface area (Å²) in [5.41, 5.74) is 9.67. The molecule has 225 valence electrons. The summed E-state index contributed by atoms with van der Waals surface area (Å²) in [6.07, 6.45) is 2.63. The summed E-state index contributed by atoms with van der Waals surface area (Å²) >= 11 is 0. The van der Waals surface area contributed by atoms with Crippen molar-refractivity contribution in [2.75, 3.05) is 0 Å². The Balaban J connectivity index is 0.000000335. The summed E-state index contributed by atoms with van der Waals surface area (Å²) in [6.45, 7) is 16.4. The Labute approximate surface area is 269 Å². The number of hydrogen-bond donors (Lipinski definition) is 0. The van der Waals surface area contributed by atoms with Crippen molar-refractivity contribution in [2.45, 2.75) is 73.3 Å². The van der Waals surface area contributed by atoms with Crippen LogP contribution >= 0.6 is 0 Å². The Morgan fingerprint density at radius 3 is 2.44 bits per heavy atom. The Bertz CT molecular complexity index is 1810. The third kappa shape index (κ3) is 6.69. The molecule has 1 radical (unpaired) electrons. The summed E-state index contributed by atoms with van der Waals surface area (Å²) in [7, 11) is 0. The van der Waals surface area contributed by atoms with Crippen LogP contribution < -0.4 is 0 Å². The predicted molar refractivity (Wildman–Crippen MR) is 175 cm³/mol. The van der Waals surface area contributed by atoms with Crippen LogP contribution in [-0.4, -0.2) is 16.8 Å². The van der Waals surface area contributed by atoms with Gasteiger partial charge in [-0.15, -0.1) is 35.4 Å². The van der Waals surface area contributed by atoms with Crippen molar-refractivity contribution in [1.82, 2.24) is 4.98 Å². The first kappa shape index (κ1) is 32.4. The average Bonchev–Trinajstić information content (AvgIpc) is 3.41. The first-order valence-corrected chi connectivity index (χ1v) is 14.8. The maximum atomic E-state index is 10.5. The molecule has 0 unspecified atom stereocenters. The van der Waals surface area contributed by atoms with Crippen LogP contribution in [0.4, 0.5) is 0 Å². The molecule has 5 aromatic rings. The molecule has 0 N–H and O–H groups in total. The Kier molecular flexibility index (Phi) is 9.79. The van der Waals surface area contributed by atoms with E-state index >= 15 is 0 Å². The van der Waals surface area contributed by atoms with E-state index in [-0.39, 0.29) is 37.3 Å². The van der Waals surface area contributed by atoms with Crippen LogP contribution in [0.1, 0.15) is 72.1 Å². The topological polar surface area (TPSA) is 57.2 Å². The number of benzene rings is 3.